The first kappa shape index (κ1) is 14.7. The fourth-order valence-corrected chi connectivity index (χ4v) is 1.99. The number of hydrogen-bond donors (Lipinski definition) is 3. The molecule has 21 heavy (non-hydrogen) atoms. The van der Waals surface area contributed by atoms with Crippen molar-refractivity contribution in [2.24, 2.45) is 5.84 Å². The van der Waals surface area contributed by atoms with E-state index >= 15 is 0 Å². The number of nitrogen functional groups attached to an aromatic ring is 1. The summed E-state index contributed by atoms with van der Waals surface area (Å²) in [5.41, 5.74) is 4.30. The number of aryl methyl sites for hydroxylation is 1. The van der Waals surface area contributed by atoms with Crippen molar-refractivity contribution in [2.45, 2.75) is 13.3 Å². The lowest BCUT2D eigenvalue weighted by Crippen LogP contribution is -2.14. The number of anilines is 2. The molecule has 0 aliphatic heterocycles. The summed E-state index contributed by atoms with van der Waals surface area (Å²) in [5.74, 6) is 5.35. The van der Waals surface area contributed by atoms with Gasteiger partial charge in [0.25, 0.3) is 0 Å². The number of nitro groups is 1. The number of benzene rings is 1. The first-order valence-corrected chi connectivity index (χ1v) is 6.38. The fourth-order valence-electron chi connectivity index (χ4n) is 1.99. The van der Waals surface area contributed by atoms with E-state index in [0.29, 0.717) is 6.54 Å². The van der Waals surface area contributed by atoms with Gasteiger partial charge in [-0.05, 0) is 24.5 Å². The molecule has 0 saturated heterocycles. The minimum Gasteiger partial charge on any atom is -0.364 e. The highest BCUT2D eigenvalue weighted by atomic mass is 16.6. The minimum atomic E-state index is -0.564. The number of aromatic nitrogens is 2. The molecular weight excluding hydrogens is 272 g/mol. The number of hydrogen-bond acceptors (Lipinski definition) is 7. The predicted octanol–water partition coefficient (Wildman–Crippen LogP) is 1.63. The Balaban J connectivity index is 2.10. The van der Waals surface area contributed by atoms with Crippen molar-refractivity contribution in [1.82, 2.24) is 9.97 Å². The predicted molar refractivity (Wildman–Crippen MR) is 79.9 cm³/mol. The zero-order valence-corrected chi connectivity index (χ0v) is 11.5. The standard InChI is InChI=1S/C13H16N6O2/c1-9-4-2-3-5-10(9)6-7-15-12-11(19(20)21)13(18-14)17-8-16-12/h2-5,8H,6-7,14H2,1H3,(H2,15,16,17,18). The van der Waals surface area contributed by atoms with Crippen LogP contribution in [0.15, 0.2) is 30.6 Å². The SMILES string of the molecule is Cc1ccccc1CCNc1ncnc(NN)c1[N+](=O)[O-]. The molecule has 2 aromatic rings. The molecule has 0 atom stereocenters. The summed E-state index contributed by atoms with van der Waals surface area (Å²) in [6, 6.07) is 7.99. The number of hydrazine groups is 1. The third-order valence-corrected chi connectivity index (χ3v) is 3.09. The second-order valence-electron chi connectivity index (χ2n) is 4.42. The molecule has 0 fully saturated rings. The van der Waals surface area contributed by atoms with Gasteiger partial charge in [-0.3, -0.25) is 10.1 Å². The number of nitrogens with zero attached hydrogens (tertiary/aromatic N) is 3. The van der Waals surface area contributed by atoms with Gasteiger partial charge < -0.3 is 10.7 Å². The van der Waals surface area contributed by atoms with Gasteiger partial charge in [-0.25, -0.2) is 15.8 Å². The Morgan fingerprint density at radius 1 is 1.29 bits per heavy atom. The Labute approximate surface area is 121 Å². The van der Waals surface area contributed by atoms with Crippen molar-refractivity contribution in [3.8, 4) is 0 Å². The average Bonchev–Trinajstić information content (AvgIpc) is 2.48. The summed E-state index contributed by atoms with van der Waals surface area (Å²) >= 11 is 0. The van der Waals surface area contributed by atoms with E-state index in [-0.39, 0.29) is 17.3 Å². The van der Waals surface area contributed by atoms with Crippen LogP contribution in [0, 0.1) is 17.0 Å². The van der Waals surface area contributed by atoms with Crippen molar-refractivity contribution in [3.05, 3.63) is 51.8 Å². The van der Waals surface area contributed by atoms with Gasteiger partial charge >= 0.3 is 5.69 Å². The molecule has 0 bridgehead atoms. The summed E-state index contributed by atoms with van der Waals surface area (Å²) < 4.78 is 0. The molecule has 0 aliphatic rings. The minimum absolute atomic E-state index is 0.0200. The van der Waals surface area contributed by atoms with Gasteiger partial charge in [0.1, 0.15) is 6.33 Å². The fraction of sp³-hybridized carbons (Fsp3) is 0.231. The summed E-state index contributed by atoms with van der Waals surface area (Å²) in [6.45, 7) is 2.55. The van der Waals surface area contributed by atoms with Crippen molar-refractivity contribution in [1.29, 1.82) is 0 Å². The Morgan fingerprint density at radius 3 is 2.67 bits per heavy atom. The van der Waals surface area contributed by atoms with E-state index in [2.05, 4.69) is 20.7 Å². The lowest BCUT2D eigenvalue weighted by Gasteiger charge is -2.09. The lowest BCUT2D eigenvalue weighted by atomic mass is 10.1. The second-order valence-corrected chi connectivity index (χ2v) is 4.42. The summed E-state index contributed by atoms with van der Waals surface area (Å²) in [4.78, 5) is 18.1. The summed E-state index contributed by atoms with van der Waals surface area (Å²) in [5, 5.41) is 14.0. The molecule has 4 N–H and O–H groups in total. The quantitative estimate of drug-likeness (QED) is 0.420. The van der Waals surface area contributed by atoms with E-state index in [9.17, 15) is 10.1 Å². The van der Waals surface area contributed by atoms with Crippen LogP contribution in [0.4, 0.5) is 17.3 Å². The third-order valence-electron chi connectivity index (χ3n) is 3.09. The lowest BCUT2D eigenvalue weighted by molar-refractivity contribution is -0.383. The van der Waals surface area contributed by atoms with E-state index in [1.165, 1.54) is 17.5 Å². The van der Waals surface area contributed by atoms with Crippen LogP contribution in [-0.4, -0.2) is 21.4 Å². The molecule has 1 aromatic heterocycles. The number of nitrogens with two attached hydrogens (primary N) is 1. The Morgan fingerprint density at radius 2 is 2.00 bits per heavy atom. The van der Waals surface area contributed by atoms with E-state index < -0.39 is 4.92 Å². The van der Waals surface area contributed by atoms with Crippen molar-refractivity contribution in [3.63, 3.8) is 0 Å². The highest BCUT2D eigenvalue weighted by Crippen LogP contribution is 2.27. The van der Waals surface area contributed by atoms with Crippen LogP contribution >= 0.6 is 0 Å². The van der Waals surface area contributed by atoms with Gasteiger partial charge in [0.05, 0.1) is 4.92 Å². The molecule has 0 saturated carbocycles. The molecule has 0 spiro atoms. The van der Waals surface area contributed by atoms with Gasteiger partial charge in [-0.2, -0.15) is 0 Å². The average molecular weight is 288 g/mol. The third kappa shape index (κ3) is 3.42. The van der Waals surface area contributed by atoms with Gasteiger partial charge in [0.2, 0.25) is 11.6 Å². The molecule has 1 aromatic carbocycles. The molecular formula is C13H16N6O2. The summed E-state index contributed by atoms with van der Waals surface area (Å²) in [6.07, 6.45) is 1.96. The topological polar surface area (TPSA) is 119 Å². The van der Waals surface area contributed by atoms with E-state index in [0.717, 1.165) is 6.42 Å². The molecule has 8 nitrogen and oxygen atoms in total. The second kappa shape index (κ2) is 6.62. The molecule has 2 rings (SSSR count). The molecule has 1 heterocycles. The van der Waals surface area contributed by atoms with E-state index in [4.69, 9.17) is 5.84 Å². The monoisotopic (exact) mass is 288 g/mol. The van der Waals surface area contributed by atoms with Crippen LogP contribution in [0.3, 0.4) is 0 Å². The maximum absolute atomic E-state index is 11.1. The smallest absolute Gasteiger partial charge is 0.354 e. The van der Waals surface area contributed by atoms with Crippen molar-refractivity contribution >= 4 is 17.3 Å². The van der Waals surface area contributed by atoms with Gasteiger partial charge in [0.15, 0.2) is 0 Å². The molecule has 0 unspecified atom stereocenters. The number of nitrogens with one attached hydrogen (secondary N) is 2. The van der Waals surface area contributed by atoms with E-state index in [1.807, 2.05) is 31.2 Å². The van der Waals surface area contributed by atoms with Gasteiger partial charge in [-0.1, -0.05) is 24.3 Å². The van der Waals surface area contributed by atoms with Crippen molar-refractivity contribution < 1.29 is 4.92 Å². The highest BCUT2D eigenvalue weighted by molar-refractivity contribution is 5.68. The normalized spacial score (nSPS) is 10.2. The van der Waals surface area contributed by atoms with Crippen LogP contribution in [0.5, 0.6) is 0 Å². The Hall–Kier alpha value is -2.74. The largest absolute Gasteiger partial charge is 0.364 e. The first-order valence-electron chi connectivity index (χ1n) is 6.38. The Kier molecular flexibility index (Phi) is 4.62. The van der Waals surface area contributed by atoms with Crippen molar-refractivity contribution in [2.75, 3.05) is 17.3 Å². The zero-order chi connectivity index (χ0) is 15.2. The summed E-state index contributed by atoms with van der Waals surface area (Å²) in [7, 11) is 0. The maximum atomic E-state index is 11.1. The molecule has 0 aliphatic carbocycles. The number of rotatable bonds is 6. The van der Waals surface area contributed by atoms with Gasteiger partial charge in [-0.15, -0.1) is 0 Å². The van der Waals surface area contributed by atoms with Crippen LogP contribution in [0.25, 0.3) is 0 Å². The van der Waals surface area contributed by atoms with Crippen LogP contribution < -0.4 is 16.6 Å². The maximum Gasteiger partial charge on any atom is 0.354 e. The van der Waals surface area contributed by atoms with E-state index in [1.54, 1.807) is 0 Å². The van der Waals surface area contributed by atoms with Crippen LogP contribution in [-0.2, 0) is 6.42 Å². The van der Waals surface area contributed by atoms with Crippen LogP contribution in [0.1, 0.15) is 11.1 Å². The molecule has 110 valence electrons. The molecule has 8 heteroatoms. The van der Waals surface area contributed by atoms with Crippen LogP contribution in [0.2, 0.25) is 0 Å². The highest BCUT2D eigenvalue weighted by Gasteiger charge is 2.21. The zero-order valence-electron chi connectivity index (χ0n) is 11.5. The van der Waals surface area contributed by atoms with Gasteiger partial charge in [0, 0.05) is 6.54 Å². The first-order chi connectivity index (χ1) is 10.1. The molecule has 0 amide bonds. The molecule has 0 radical (unpaired) electrons. The Bertz CT molecular complexity index is 646.